The summed E-state index contributed by atoms with van der Waals surface area (Å²) in [7, 11) is 1.42. The Labute approximate surface area is 83.9 Å². The van der Waals surface area contributed by atoms with Crippen molar-refractivity contribution in [2.24, 2.45) is 7.05 Å². The summed E-state index contributed by atoms with van der Waals surface area (Å²) in [5.74, 6) is -1.26. The third-order valence-electron chi connectivity index (χ3n) is 1.82. The van der Waals surface area contributed by atoms with Crippen molar-refractivity contribution in [3.05, 3.63) is 17.5 Å². The lowest BCUT2D eigenvalue weighted by Crippen LogP contribution is -2.07. The minimum Gasteiger partial charge on any atom is -0.481 e. The smallest absolute Gasteiger partial charge is 0.306 e. The van der Waals surface area contributed by atoms with Crippen molar-refractivity contribution in [2.45, 2.75) is 19.0 Å². The molecule has 0 spiro atoms. The van der Waals surface area contributed by atoms with E-state index >= 15 is 0 Å². The molecule has 0 radical (unpaired) electrons. The zero-order valence-corrected chi connectivity index (χ0v) is 7.89. The fraction of sp³-hybridized carbons (Fsp3) is 0.500. The van der Waals surface area contributed by atoms with Crippen LogP contribution in [0, 0.1) is 0 Å². The van der Waals surface area contributed by atoms with Crippen molar-refractivity contribution in [3.63, 3.8) is 0 Å². The Morgan fingerprint density at radius 3 is 2.73 bits per heavy atom. The maximum atomic E-state index is 12.4. The number of carboxylic acid groups (broad SMARTS) is 1. The fourth-order valence-electron chi connectivity index (χ4n) is 1.23. The highest BCUT2D eigenvalue weighted by atomic mass is 19.3. The Balaban J connectivity index is 2.96. The number of halogens is 2. The predicted molar refractivity (Wildman–Crippen MR) is 45.4 cm³/mol. The number of aliphatic hydroxyl groups excluding tert-OH is 1. The summed E-state index contributed by atoms with van der Waals surface area (Å²) in [5.41, 5.74) is -0.721. The first-order chi connectivity index (χ1) is 6.91. The van der Waals surface area contributed by atoms with Crippen molar-refractivity contribution < 1.29 is 23.8 Å². The van der Waals surface area contributed by atoms with E-state index in [0.717, 1.165) is 4.68 Å². The maximum absolute atomic E-state index is 12.4. The van der Waals surface area contributed by atoms with E-state index in [2.05, 4.69) is 5.10 Å². The van der Waals surface area contributed by atoms with Crippen LogP contribution < -0.4 is 0 Å². The number of carbonyl (C=O) groups is 1. The summed E-state index contributed by atoms with van der Waals surface area (Å²) < 4.78 is 25.9. The van der Waals surface area contributed by atoms with Crippen LogP contribution in [0.2, 0.25) is 0 Å². The molecule has 15 heavy (non-hydrogen) atoms. The van der Waals surface area contributed by atoms with Crippen LogP contribution in [-0.2, 0) is 11.8 Å². The number of aromatic nitrogens is 2. The molecule has 1 aromatic heterocycles. The molecule has 0 aliphatic rings. The molecule has 0 fully saturated rings. The largest absolute Gasteiger partial charge is 0.481 e. The Kier molecular flexibility index (Phi) is 3.35. The number of carboxylic acids is 1. The average Bonchev–Trinajstić information content (AvgIpc) is 2.46. The summed E-state index contributed by atoms with van der Waals surface area (Å²) in [6.45, 7) is 0. The van der Waals surface area contributed by atoms with Gasteiger partial charge in [-0.15, -0.1) is 0 Å². The Hall–Kier alpha value is -1.50. The first kappa shape index (κ1) is 11.6. The van der Waals surface area contributed by atoms with E-state index < -0.39 is 30.6 Å². The number of aryl methyl sites for hydroxylation is 1. The predicted octanol–water partition coefficient (Wildman–Crippen LogP) is 0.866. The van der Waals surface area contributed by atoms with Gasteiger partial charge in [0.2, 0.25) is 0 Å². The van der Waals surface area contributed by atoms with Crippen LogP contribution in [0.1, 0.15) is 30.2 Å². The van der Waals surface area contributed by atoms with Gasteiger partial charge in [-0.3, -0.25) is 9.48 Å². The van der Waals surface area contributed by atoms with Gasteiger partial charge >= 0.3 is 5.97 Å². The second kappa shape index (κ2) is 4.35. The van der Waals surface area contributed by atoms with Gasteiger partial charge in [0.15, 0.2) is 0 Å². The van der Waals surface area contributed by atoms with E-state index in [9.17, 15) is 18.7 Å². The van der Waals surface area contributed by atoms with Gasteiger partial charge in [-0.05, 0) is 0 Å². The molecular weight excluding hydrogens is 210 g/mol. The van der Waals surface area contributed by atoms with E-state index in [0.29, 0.717) is 0 Å². The molecule has 0 saturated heterocycles. The van der Waals surface area contributed by atoms with Gasteiger partial charge in [-0.2, -0.15) is 5.10 Å². The molecule has 0 aliphatic heterocycles. The number of hydrogen-bond acceptors (Lipinski definition) is 3. The molecular formula is C8H10F2N2O3. The van der Waals surface area contributed by atoms with Crippen LogP contribution in [0.3, 0.4) is 0 Å². The molecule has 0 unspecified atom stereocenters. The number of aliphatic carboxylic acids is 1. The SMILES string of the molecule is Cn1cc([C@@H](O)CC(=O)O)c(C(F)F)n1. The van der Waals surface area contributed by atoms with Crippen molar-refractivity contribution in [3.8, 4) is 0 Å². The summed E-state index contributed by atoms with van der Waals surface area (Å²) in [6.07, 6.45) is -3.72. The molecule has 0 aliphatic carbocycles. The number of hydrogen-bond donors (Lipinski definition) is 2. The van der Waals surface area contributed by atoms with Crippen molar-refractivity contribution in [1.29, 1.82) is 0 Å². The molecule has 7 heteroatoms. The standard InChI is InChI=1S/C8H10F2N2O3/c1-12-3-4(5(13)2-6(14)15)7(11-12)8(9)10/h3,5,8,13H,2H2,1H3,(H,14,15)/t5-/m0/s1. The first-order valence-electron chi connectivity index (χ1n) is 4.13. The molecule has 0 saturated carbocycles. The van der Waals surface area contributed by atoms with Gasteiger partial charge in [-0.25, -0.2) is 8.78 Å². The number of rotatable bonds is 4. The minimum atomic E-state index is -2.83. The lowest BCUT2D eigenvalue weighted by molar-refractivity contribution is -0.139. The Morgan fingerprint density at radius 1 is 1.67 bits per heavy atom. The third kappa shape index (κ3) is 2.72. The second-order valence-electron chi connectivity index (χ2n) is 3.06. The zero-order valence-electron chi connectivity index (χ0n) is 7.89. The highest BCUT2D eigenvalue weighted by Gasteiger charge is 2.24. The van der Waals surface area contributed by atoms with Crippen LogP contribution in [0.25, 0.3) is 0 Å². The molecule has 1 heterocycles. The molecule has 5 nitrogen and oxygen atoms in total. The molecule has 84 valence electrons. The van der Waals surface area contributed by atoms with E-state index in [1.807, 2.05) is 0 Å². The number of nitrogens with zero attached hydrogens (tertiary/aromatic N) is 2. The fourth-order valence-corrected chi connectivity index (χ4v) is 1.23. The lowest BCUT2D eigenvalue weighted by atomic mass is 10.1. The van der Waals surface area contributed by atoms with Gasteiger partial charge in [0.05, 0.1) is 12.5 Å². The van der Waals surface area contributed by atoms with Crippen LogP contribution in [0.4, 0.5) is 8.78 Å². The van der Waals surface area contributed by atoms with Crippen LogP contribution >= 0.6 is 0 Å². The van der Waals surface area contributed by atoms with Crippen molar-refractivity contribution in [2.75, 3.05) is 0 Å². The first-order valence-corrected chi connectivity index (χ1v) is 4.13. The molecule has 0 aromatic carbocycles. The monoisotopic (exact) mass is 220 g/mol. The lowest BCUT2D eigenvalue weighted by Gasteiger charge is -2.06. The van der Waals surface area contributed by atoms with Crippen LogP contribution in [0.15, 0.2) is 6.20 Å². The van der Waals surface area contributed by atoms with Gasteiger partial charge < -0.3 is 10.2 Å². The number of aliphatic hydroxyl groups is 1. The molecule has 0 amide bonds. The van der Waals surface area contributed by atoms with E-state index in [1.54, 1.807) is 0 Å². The van der Waals surface area contributed by atoms with Crippen molar-refractivity contribution in [1.82, 2.24) is 9.78 Å². The van der Waals surface area contributed by atoms with Crippen LogP contribution in [0.5, 0.6) is 0 Å². The second-order valence-corrected chi connectivity index (χ2v) is 3.06. The van der Waals surface area contributed by atoms with E-state index in [4.69, 9.17) is 5.11 Å². The van der Waals surface area contributed by atoms with E-state index in [-0.39, 0.29) is 5.56 Å². The molecule has 0 bridgehead atoms. The summed E-state index contributed by atoms with van der Waals surface area (Å²) in [5, 5.41) is 21.2. The van der Waals surface area contributed by atoms with E-state index in [1.165, 1.54) is 13.2 Å². The summed E-state index contributed by atoms with van der Waals surface area (Å²) in [6, 6.07) is 0. The minimum absolute atomic E-state index is 0.144. The highest BCUT2D eigenvalue weighted by Crippen LogP contribution is 2.27. The van der Waals surface area contributed by atoms with Gasteiger partial charge in [0.1, 0.15) is 5.69 Å². The zero-order chi connectivity index (χ0) is 11.6. The number of alkyl halides is 2. The summed E-state index contributed by atoms with van der Waals surface area (Å²) in [4.78, 5) is 10.3. The van der Waals surface area contributed by atoms with Crippen LogP contribution in [-0.4, -0.2) is 26.0 Å². The Morgan fingerprint density at radius 2 is 2.27 bits per heavy atom. The van der Waals surface area contributed by atoms with Crippen molar-refractivity contribution >= 4 is 5.97 Å². The molecule has 1 aromatic rings. The maximum Gasteiger partial charge on any atom is 0.306 e. The molecule has 2 N–H and O–H groups in total. The highest BCUT2D eigenvalue weighted by molar-refractivity contribution is 5.67. The average molecular weight is 220 g/mol. The van der Waals surface area contributed by atoms with Gasteiger partial charge in [0, 0.05) is 18.8 Å². The summed E-state index contributed by atoms with van der Waals surface area (Å²) >= 11 is 0. The normalized spacial score (nSPS) is 13.1. The molecule has 1 rings (SSSR count). The van der Waals surface area contributed by atoms with Gasteiger partial charge in [0.25, 0.3) is 6.43 Å². The quantitative estimate of drug-likeness (QED) is 0.789. The van der Waals surface area contributed by atoms with Gasteiger partial charge in [-0.1, -0.05) is 0 Å². The topological polar surface area (TPSA) is 75.4 Å². The molecule has 1 atom stereocenters. The third-order valence-corrected chi connectivity index (χ3v) is 1.82. The Bertz CT molecular complexity index is 365.